The fourth-order valence-electron chi connectivity index (χ4n) is 2.03. The van der Waals surface area contributed by atoms with Crippen molar-refractivity contribution in [3.05, 3.63) is 12.2 Å². The first-order valence-corrected chi connectivity index (χ1v) is 5.49. The van der Waals surface area contributed by atoms with Gasteiger partial charge in [-0.15, -0.1) is 0 Å². The van der Waals surface area contributed by atoms with Crippen molar-refractivity contribution in [1.82, 2.24) is 4.90 Å². The lowest BCUT2D eigenvalue weighted by atomic mass is 9.86. The number of carboxylic acids is 1. The molecule has 1 aliphatic heterocycles. The zero-order chi connectivity index (χ0) is 11.5. The van der Waals surface area contributed by atoms with Crippen LogP contribution in [0.5, 0.6) is 0 Å². The van der Waals surface area contributed by atoms with Crippen molar-refractivity contribution in [2.45, 2.75) is 39.7 Å². The van der Waals surface area contributed by atoms with Gasteiger partial charge in [-0.25, -0.2) is 0 Å². The Bertz CT molecular complexity index is 245. The van der Waals surface area contributed by atoms with Crippen molar-refractivity contribution in [3.8, 4) is 0 Å². The second-order valence-corrected chi connectivity index (χ2v) is 5.44. The van der Waals surface area contributed by atoms with Gasteiger partial charge in [-0.3, -0.25) is 9.69 Å². The van der Waals surface area contributed by atoms with Crippen LogP contribution in [-0.2, 0) is 4.79 Å². The van der Waals surface area contributed by atoms with Crippen molar-refractivity contribution < 1.29 is 9.90 Å². The van der Waals surface area contributed by atoms with Gasteiger partial charge in [0.25, 0.3) is 0 Å². The molecule has 1 atom stereocenters. The largest absolute Gasteiger partial charge is 0.481 e. The zero-order valence-electron chi connectivity index (χ0n) is 9.86. The highest BCUT2D eigenvalue weighted by molar-refractivity contribution is 5.67. The summed E-state index contributed by atoms with van der Waals surface area (Å²) in [6.45, 7) is 8.27. The summed E-state index contributed by atoms with van der Waals surface area (Å²) in [6, 6.07) is 0.164. The molecule has 0 spiro atoms. The summed E-state index contributed by atoms with van der Waals surface area (Å²) in [5, 5.41) is 8.89. The SMILES string of the molecule is CC(C)(C)CC(CC(=O)O)N1CC=CC1. The van der Waals surface area contributed by atoms with Gasteiger partial charge in [0.2, 0.25) is 0 Å². The van der Waals surface area contributed by atoms with Crippen LogP contribution in [0.25, 0.3) is 0 Å². The summed E-state index contributed by atoms with van der Waals surface area (Å²) in [5.74, 6) is -0.698. The van der Waals surface area contributed by atoms with Gasteiger partial charge < -0.3 is 5.11 Å². The molecule has 3 nitrogen and oxygen atoms in total. The Hall–Kier alpha value is -0.830. The van der Waals surface area contributed by atoms with E-state index in [0.717, 1.165) is 19.5 Å². The molecule has 1 rings (SSSR count). The second kappa shape index (κ2) is 4.79. The maximum absolute atomic E-state index is 10.8. The number of hydrogen-bond donors (Lipinski definition) is 1. The van der Waals surface area contributed by atoms with Crippen LogP contribution in [-0.4, -0.2) is 35.1 Å². The van der Waals surface area contributed by atoms with E-state index in [2.05, 4.69) is 37.8 Å². The van der Waals surface area contributed by atoms with Crippen LogP contribution < -0.4 is 0 Å². The summed E-state index contributed by atoms with van der Waals surface area (Å²) in [6.07, 6.45) is 5.40. The molecule has 0 amide bonds. The quantitative estimate of drug-likeness (QED) is 0.724. The smallest absolute Gasteiger partial charge is 0.304 e. The summed E-state index contributed by atoms with van der Waals surface area (Å²) < 4.78 is 0. The van der Waals surface area contributed by atoms with E-state index in [1.807, 2.05) is 0 Å². The van der Waals surface area contributed by atoms with E-state index < -0.39 is 5.97 Å². The first-order valence-electron chi connectivity index (χ1n) is 5.49. The Morgan fingerprint density at radius 3 is 2.33 bits per heavy atom. The van der Waals surface area contributed by atoms with Crippen molar-refractivity contribution in [2.24, 2.45) is 5.41 Å². The molecule has 0 aromatic carbocycles. The molecule has 0 saturated heterocycles. The van der Waals surface area contributed by atoms with Crippen LogP contribution in [0.3, 0.4) is 0 Å². The van der Waals surface area contributed by atoms with Crippen molar-refractivity contribution >= 4 is 5.97 Å². The molecule has 0 aromatic heterocycles. The van der Waals surface area contributed by atoms with E-state index in [-0.39, 0.29) is 17.9 Å². The number of rotatable bonds is 4. The van der Waals surface area contributed by atoms with Gasteiger partial charge in [-0.2, -0.15) is 0 Å². The first-order chi connectivity index (χ1) is 6.88. The van der Waals surface area contributed by atoms with Crippen LogP contribution in [0.1, 0.15) is 33.6 Å². The molecule has 1 aliphatic rings. The number of hydrogen-bond acceptors (Lipinski definition) is 2. The molecule has 0 saturated carbocycles. The molecule has 0 radical (unpaired) electrons. The lowest BCUT2D eigenvalue weighted by molar-refractivity contribution is -0.138. The Balaban J connectivity index is 2.56. The third kappa shape index (κ3) is 4.47. The van der Waals surface area contributed by atoms with E-state index in [1.54, 1.807) is 0 Å². The molecule has 3 heteroatoms. The molecular formula is C12H21NO2. The third-order valence-corrected chi connectivity index (χ3v) is 2.62. The lowest BCUT2D eigenvalue weighted by Crippen LogP contribution is -2.37. The molecule has 1 unspecified atom stereocenters. The average molecular weight is 211 g/mol. The lowest BCUT2D eigenvalue weighted by Gasteiger charge is -2.31. The average Bonchev–Trinajstić information content (AvgIpc) is 2.50. The van der Waals surface area contributed by atoms with Gasteiger partial charge >= 0.3 is 5.97 Å². The monoisotopic (exact) mass is 211 g/mol. The Morgan fingerprint density at radius 1 is 1.40 bits per heavy atom. The number of aliphatic carboxylic acids is 1. The predicted molar refractivity (Wildman–Crippen MR) is 60.8 cm³/mol. The van der Waals surface area contributed by atoms with Crippen LogP contribution in [0.15, 0.2) is 12.2 Å². The van der Waals surface area contributed by atoms with E-state index in [9.17, 15) is 4.79 Å². The molecule has 15 heavy (non-hydrogen) atoms. The topological polar surface area (TPSA) is 40.5 Å². The molecular weight excluding hydrogens is 190 g/mol. The van der Waals surface area contributed by atoms with Gasteiger partial charge in [-0.1, -0.05) is 32.9 Å². The molecule has 0 aliphatic carbocycles. The van der Waals surface area contributed by atoms with E-state index in [0.29, 0.717) is 0 Å². The van der Waals surface area contributed by atoms with Crippen molar-refractivity contribution in [2.75, 3.05) is 13.1 Å². The molecule has 86 valence electrons. The first kappa shape index (κ1) is 12.2. The number of nitrogens with zero attached hydrogens (tertiary/aromatic N) is 1. The third-order valence-electron chi connectivity index (χ3n) is 2.62. The Labute approximate surface area is 91.8 Å². The Kier molecular flexibility index (Phi) is 3.91. The minimum absolute atomic E-state index is 0.164. The van der Waals surface area contributed by atoms with E-state index in [1.165, 1.54) is 0 Å². The highest BCUT2D eigenvalue weighted by atomic mass is 16.4. The van der Waals surface area contributed by atoms with Crippen LogP contribution in [0, 0.1) is 5.41 Å². The molecule has 1 N–H and O–H groups in total. The van der Waals surface area contributed by atoms with Crippen molar-refractivity contribution in [3.63, 3.8) is 0 Å². The van der Waals surface area contributed by atoms with Crippen LogP contribution >= 0.6 is 0 Å². The standard InChI is InChI=1S/C12H21NO2/c1-12(2,3)9-10(8-11(14)15)13-6-4-5-7-13/h4-5,10H,6-9H2,1-3H3,(H,14,15). The van der Waals surface area contributed by atoms with Gasteiger partial charge in [0.1, 0.15) is 0 Å². The summed E-state index contributed by atoms with van der Waals surface area (Å²) in [7, 11) is 0. The van der Waals surface area contributed by atoms with Crippen LogP contribution in [0.2, 0.25) is 0 Å². The fourth-order valence-corrected chi connectivity index (χ4v) is 2.03. The van der Waals surface area contributed by atoms with Crippen LogP contribution in [0.4, 0.5) is 0 Å². The fraction of sp³-hybridized carbons (Fsp3) is 0.750. The molecule has 0 bridgehead atoms. The summed E-state index contributed by atoms with van der Waals surface area (Å²) in [5.41, 5.74) is 0.183. The maximum Gasteiger partial charge on any atom is 0.304 e. The normalized spacial score (nSPS) is 19.4. The number of carbonyl (C=O) groups is 1. The maximum atomic E-state index is 10.8. The summed E-state index contributed by atoms with van der Waals surface area (Å²) >= 11 is 0. The van der Waals surface area contributed by atoms with E-state index in [4.69, 9.17) is 5.11 Å². The second-order valence-electron chi connectivity index (χ2n) is 5.44. The minimum Gasteiger partial charge on any atom is -0.481 e. The van der Waals surface area contributed by atoms with Crippen molar-refractivity contribution in [1.29, 1.82) is 0 Å². The minimum atomic E-state index is -0.698. The van der Waals surface area contributed by atoms with Gasteiger partial charge in [-0.05, 0) is 11.8 Å². The molecule has 0 fully saturated rings. The highest BCUT2D eigenvalue weighted by Gasteiger charge is 2.26. The number of carboxylic acid groups (broad SMARTS) is 1. The van der Waals surface area contributed by atoms with E-state index >= 15 is 0 Å². The highest BCUT2D eigenvalue weighted by Crippen LogP contribution is 2.26. The van der Waals surface area contributed by atoms with Gasteiger partial charge in [0.15, 0.2) is 0 Å². The van der Waals surface area contributed by atoms with Gasteiger partial charge in [0, 0.05) is 19.1 Å². The predicted octanol–water partition coefficient (Wildman–Crippen LogP) is 2.14. The Morgan fingerprint density at radius 2 is 1.93 bits per heavy atom. The summed E-state index contributed by atoms with van der Waals surface area (Å²) in [4.78, 5) is 13.0. The van der Waals surface area contributed by atoms with Gasteiger partial charge in [0.05, 0.1) is 6.42 Å². The molecule has 0 aromatic rings. The molecule has 1 heterocycles. The zero-order valence-corrected chi connectivity index (χ0v) is 9.86.